The van der Waals surface area contributed by atoms with Crippen LogP contribution < -0.4 is 15.5 Å². The first-order chi connectivity index (χ1) is 9.98. The van der Waals surface area contributed by atoms with Crippen molar-refractivity contribution in [1.29, 1.82) is 0 Å². The number of carbonyl (C=O) groups is 1. The summed E-state index contributed by atoms with van der Waals surface area (Å²) < 4.78 is 0. The van der Waals surface area contributed by atoms with Crippen LogP contribution in [0, 0.1) is 12.3 Å². The van der Waals surface area contributed by atoms with Crippen molar-refractivity contribution in [1.82, 2.24) is 5.32 Å². The molecule has 1 fully saturated rings. The molecule has 1 heterocycles. The number of nitrogens with zero attached hydrogens (tertiary/aromatic N) is 1. The maximum Gasteiger partial charge on any atom is 0.231 e. The van der Waals surface area contributed by atoms with Crippen molar-refractivity contribution in [2.75, 3.05) is 37.4 Å². The molecule has 4 nitrogen and oxygen atoms in total. The third-order valence-electron chi connectivity index (χ3n) is 4.43. The first-order valence-corrected chi connectivity index (χ1v) is 7.79. The standard InChI is InChI=1S/C17H27N3O/c1-5-8-17(9-10-18-12-17)16(21)19-15-7-6-14(20(3)4)11-13(15)2/h6-7,11,18H,5,8-10,12H2,1-4H3,(H,19,21). The summed E-state index contributed by atoms with van der Waals surface area (Å²) in [5.74, 6) is 0.162. The highest BCUT2D eigenvalue weighted by Gasteiger charge is 2.40. The minimum atomic E-state index is -0.235. The molecule has 4 heteroatoms. The van der Waals surface area contributed by atoms with Gasteiger partial charge in [-0.3, -0.25) is 4.79 Å². The fourth-order valence-corrected chi connectivity index (χ4v) is 3.06. The van der Waals surface area contributed by atoms with Crippen molar-refractivity contribution in [3.05, 3.63) is 23.8 Å². The molecule has 1 atom stereocenters. The van der Waals surface area contributed by atoms with Crippen molar-refractivity contribution in [3.8, 4) is 0 Å². The highest BCUT2D eigenvalue weighted by Crippen LogP contribution is 2.33. The Balaban J connectivity index is 2.15. The second-order valence-corrected chi connectivity index (χ2v) is 6.30. The van der Waals surface area contributed by atoms with Gasteiger partial charge in [0.05, 0.1) is 5.41 Å². The molecule has 1 aliphatic rings. The van der Waals surface area contributed by atoms with E-state index in [0.29, 0.717) is 0 Å². The monoisotopic (exact) mass is 289 g/mol. The van der Waals surface area contributed by atoms with E-state index in [2.05, 4.69) is 28.5 Å². The second-order valence-electron chi connectivity index (χ2n) is 6.30. The molecular formula is C17H27N3O. The van der Waals surface area contributed by atoms with E-state index < -0.39 is 0 Å². The van der Waals surface area contributed by atoms with Crippen LogP contribution in [0.4, 0.5) is 11.4 Å². The summed E-state index contributed by atoms with van der Waals surface area (Å²) in [6.45, 7) is 5.92. The lowest BCUT2D eigenvalue weighted by atomic mass is 9.81. The third-order valence-corrected chi connectivity index (χ3v) is 4.43. The summed E-state index contributed by atoms with van der Waals surface area (Å²) in [6.07, 6.45) is 2.91. The van der Waals surface area contributed by atoms with Crippen LogP contribution in [0.3, 0.4) is 0 Å². The van der Waals surface area contributed by atoms with Gasteiger partial charge in [0, 0.05) is 32.0 Å². The van der Waals surface area contributed by atoms with E-state index in [1.54, 1.807) is 0 Å². The predicted molar refractivity (Wildman–Crippen MR) is 89.0 cm³/mol. The number of nitrogens with one attached hydrogen (secondary N) is 2. The van der Waals surface area contributed by atoms with Gasteiger partial charge in [-0.25, -0.2) is 0 Å². The van der Waals surface area contributed by atoms with E-state index in [1.165, 1.54) is 0 Å². The number of rotatable bonds is 5. The zero-order valence-corrected chi connectivity index (χ0v) is 13.6. The Morgan fingerprint density at radius 3 is 2.71 bits per heavy atom. The summed E-state index contributed by atoms with van der Waals surface area (Å²) in [4.78, 5) is 14.8. The van der Waals surface area contributed by atoms with Gasteiger partial charge in [-0.1, -0.05) is 13.3 Å². The molecule has 2 rings (SSSR count). The van der Waals surface area contributed by atoms with Crippen LogP contribution in [-0.4, -0.2) is 33.1 Å². The van der Waals surface area contributed by atoms with Gasteiger partial charge >= 0.3 is 0 Å². The minimum Gasteiger partial charge on any atom is -0.378 e. The Morgan fingerprint density at radius 2 is 2.19 bits per heavy atom. The van der Waals surface area contributed by atoms with E-state index >= 15 is 0 Å². The Morgan fingerprint density at radius 1 is 1.43 bits per heavy atom. The largest absolute Gasteiger partial charge is 0.378 e. The smallest absolute Gasteiger partial charge is 0.231 e. The molecule has 116 valence electrons. The van der Waals surface area contributed by atoms with E-state index in [4.69, 9.17) is 0 Å². The molecule has 1 aromatic rings. The molecule has 1 amide bonds. The lowest BCUT2D eigenvalue weighted by Gasteiger charge is -2.27. The Bertz CT molecular complexity index is 505. The van der Waals surface area contributed by atoms with Gasteiger partial charge in [-0.15, -0.1) is 0 Å². The van der Waals surface area contributed by atoms with E-state index in [1.807, 2.05) is 33.2 Å². The summed E-state index contributed by atoms with van der Waals surface area (Å²) in [6, 6.07) is 6.15. The fraction of sp³-hybridized carbons (Fsp3) is 0.588. The highest BCUT2D eigenvalue weighted by molar-refractivity contribution is 5.96. The second kappa shape index (κ2) is 6.48. The van der Waals surface area contributed by atoms with Crippen LogP contribution in [0.2, 0.25) is 0 Å². The Labute approximate surface area is 127 Å². The summed E-state index contributed by atoms with van der Waals surface area (Å²) in [7, 11) is 4.04. The number of aryl methyl sites for hydroxylation is 1. The molecule has 1 aromatic carbocycles. The van der Waals surface area contributed by atoms with E-state index in [-0.39, 0.29) is 11.3 Å². The first-order valence-electron chi connectivity index (χ1n) is 7.79. The summed E-state index contributed by atoms with van der Waals surface area (Å²) in [5, 5.41) is 6.48. The van der Waals surface area contributed by atoms with Crippen molar-refractivity contribution < 1.29 is 4.79 Å². The number of benzene rings is 1. The van der Waals surface area contributed by atoms with Crippen molar-refractivity contribution in [3.63, 3.8) is 0 Å². The lowest BCUT2D eigenvalue weighted by Crippen LogP contribution is -2.38. The molecule has 1 aliphatic heterocycles. The van der Waals surface area contributed by atoms with E-state index in [9.17, 15) is 4.79 Å². The zero-order valence-electron chi connectivity index (χ0n) is 13.6. The Hall–Kier alpha value is -1.55. The molecule has 1 unspecified atom stereocenters. The van der Waals surface area contributed by atoms with Crippen LogP contribution in [0.25, 0.3) is 0 Å². The third kappa shape index (κ3) is 3.38. The molecule has 0 bridgehead atoms. The normalized spacial score (nSPS) is 21.3. The lowest BCUT2D eigenvalue weighted by molar-refractivity contribution is -0.125. The first kappa shape index (κ1) is 15.8. The minimum absolute atomic E-state index is 0.162. The average Bonchev–Trinajstić information content (AvgIpc) is 2.91. The quantitative estimate of drug-likeness (QED) is 0.876. The zero-order chi connectivity index (χ0) is 15.5. The molecule has 0 aliphatic carbocycles. The van der Waals surface area contributed by atoms with Crippen LogP contribution in [0.1, 0.15) is 31.7 Å². The summed E-state index contributed by atoms with van der Waals surface area (Å²) >= 11 is 0. The number of amides is 1. The summed E-state index contributed by atoms with van der Waals surface area (Å²) in [5.41, 5.74) is 2.94. The van der Waals surface area contributed by atoms with Crippen molar-refractivity contribution in [2.45, 2.75) is 33.1 Å². The van der Waals surface area contributed by atoms with Gasteiger partial charge in [0.25, 0.3) is 0 Å². The van der Waals surface area contributed by atoms with Gasteiger partial charge in [0.2, 0.25) is 5.91 Å². The van der Waals surface area contributed by atoms with Gasteiger partial charge in [0.1, 0.15) is 0 Å². The van der Waals surface area contributed by atoms with Gasteiger partial charge in [-0.05, 0) is 50.1 Å². The number of hydrogen-bond acceptors (Lipinski definition) is 3. The van der Waals surface area contributed by atoms with Crippen molar-refractivity contribution >= 4 is 17.3 Å². The van der Waals surface area contributed by atoms with E-state index in [0.717, 1.165) is 49.3 Å². The van der Waals surface area contributed by atoms with Crippen LogP contribution in [-0.2, 0) is 4.79 Å². The maximum atomic E-state index is 12.7. The van der Waals surface area contributed by atoms with Crippen LogP contribution in [0.5, 0.6) is 0 Å². The van der Waals surface area contributed by atoms with Gasteiger partial charge in [0.15, 0.2) is 0 Å². The molecule has 0 saturated carbocycles. The molecule has 0 aromatic heterocycles. The fourth-order valence-electron chi connectivity index (χ4n) is 3.06. The topological polar surface area (TPSA) is 44.4 Å². The van der Waals surface area contributed by atoms with Crippen molar-refractivity contribution in [2.24, 2.45) is 5.41 Å². The number of carbonyl (C=O) groups excluding carboxylic acids is 1. The molecule has 21 heavy (non-hydrogen) atoms. The molecule has 0 spiro atoms. The average molecular weight is 289 g/mol. The van der Waals surface area contributed by atoms with Crippen LogP contribution >= 0.6 is 0 Å². The predicted octanol–water partition coefficient (Wildman–Crippen LogP) is 2.78. The molecule has 1 saturated heterocycles. The molecular weight excluding hydrogens is 262 g/mol. The molecule has 2 N–H and O–H groups in total. The van der Waals surface area contributed by atoms with Gasteiger partial charge < -0.3 is 15.5 Å². The SMILES string of the molecule is CCCC1(C(=O)Nc2ccc(N(C)C)cc2C)CCNC1. The Kier molecular flexibility index (Phi) is 4.88. The highest BCUT2D eigenvalue weighted by atomic mass is 16.2. The maximum absolute atomic E-state index is 12.7. The van der Waals surface area contributed by atoms with Crippen LogP contribution in [0.15, 0.2) is 18.2 Å². The molecule has 0 radical (unpaired) electrons. The number of anilines is 2. The van der Waals surface area contributed by atoms with Gasteiger partial charge in [-0.2, -0.15) is 0 Å². The number of hydrogen-bond donors (Lipinski definition) is 2.